The number of carbonyl (C=O) groups is 3. The van der Waals surface area contributed by atoms with E-state index in [2.05, 4.69) is 22.6 Å². The van der Waals surface area contributed by atoms with Gasteiger partial charge in [-0.15, -0.1) is 0 Å². The second-order valence-electron chi connectivity index (χ2n) is 2.59. The Morgan fingerprint density at radius 1 is 0.857 bits per heavy atom. The van der Waals surface area contributed by atoms with Gasteiger partial charge >= 0.3 is 18.1 Å². The summed E-state index contributed by atoms with van der Waals surface area (Å²) in [4.78, 5) is 32.2. The van der Waals surface area contributed by atoms with Gasteiger partial charge in [0.1, 0.15) is 0 Å². The number of ether oxygens (including phenoxy) is 2. The SMILES string of the molecule is C=C(C)C(=O)OC(=O)OC(=O)C(=C)C. The van der Waals surface area contributed by atoms with Crippen molar-refractivity contribution in [1.82, 2.24) is 0 Å². The lowest BCUT2D eigenvalue weighted by Crippen LogP contribution is -2.18. The van der Waals surface area contributed by atoms with Crippen LogP contribution in [0.15, 0.2) is 24.3 Å². The molecule has 0 aliphatic carbocycles. The van der Waals surface area contributed by atoms with Gasteiger partial charge in [0.25, 0.3) is 0 Å². The van der Waals surface area contributed by atoms with E-state index >= 15 is 0 Å². The van der Waals surface area contributed by atoms with Gasteiger partial charge in [-0.1, -0.05) is 13.2 Å². The van der Waals surface area contributed by atoms with Crippen molar-refractivity contribution in [2.75, 3.05) is 0 Å². The smallest absolute Gasteiger partial charge is 0.356 e. The van der Waals surface area contributed by atoms with E-state index in [0.717, 1.165) is 0 Å². The summed E-state index contributed by atoms with van der Waals surface area (Å²) in [7, 11) is 0. The maximum atomic E-state index is 10.7. The lowest BCUT2D eigenvalue weighted by Gasteiger charge is -2.01. The van der Waals surface area contributed by atoms with Crippen LogP contribution in [0.5, 0.6) is 0 Å². The van der Waals surface area contributed by atoms with E-state index in [-0.39, 0.29) is 11.1 Å². The van der Waals surface area contributed by atoms with Crippen molar-refractivity contribution in [1.29, 1.82) is 0 Å². The maximum Gasteiger partial charge on any atom is 0.524 e. The average molecular weight is 198 g/mol. The number of hydrogen-bond donors (Lipinski definition) is 0. The van der Waals surface area contributed by atoms with Crippen LogP contribution in [-0.2, 0) is 19.1 Å². The highest BCUT2D eigenvalue weighted by molar-refractivity contribution is 5.98. The summed E-state index contributed by atoms with van der Waals surface area (Å²) in [5, 5.41) is 0. The van der Waals surface area contributed by atoms with E-state index in [0.29, 0.717) is 0 Å². The molecule has 0 amide bonds. The third-order valence-corrected chi connectivity index (χ3v) is 1.05. The van der Waals surface area contributed by atoms with Crippen LogP contribution >= 0.6 is 0 Å². The second-order valence-corrected chi connectivity index (χ2v) is 2.59. The largest absolute Gasteiger partial charge is 0.524 e. The minimum absolute atomic E-state index is 0.0322. The molecule has 0 aliphatic rings. The Morgan fingerprint density at radius 2 is 1.14 bits per heavy atom. The van der Waals surface area contributed by atoms with Crippen molar-refractivity contribution >= 4 is 18.1 Å². The summed E-state index contributed by atoms with van der Waals surface area (Å²) in [6, 6.07) is 0. The molecule has 0 atom stereocenters. The first kappa shape index (κ1) is 12.1. The fraction of sp³-hybridized carbons (Fsp3) is 0.222. The van der Waals surface area contributed by atoms with Crippen LogP contribution < -0.4 is 0 Å². The second kappa shape index (κ2) is 4.96. The Bertz CT molecular complexity index is 283. The Kier molecular flexibility index (Phi) is 4.28. The Balaban J connectivity index is 4.12. The minimum Gasteiger partial charge on any atom is -0.356 e. The van der Waals surface area contributed by atoms with Crippen LogP contribution in [0.2, 0.25) is 0 Å². The maximum absolute atomic E-state index is 10.7. The van der Waals surface area contributed by atoms with E-state index in [1.54, 1.807) is 0 Å². The monoisotopic (exact) mass is 198 g/mol. The van der Waals surface area contributed by atoms with Crippen molar-refractivity contribution in [2.45, 2.75) is 13.8 Å². The minimum atomic E-state index is -1.38. The fourth-order valence-corrected chi connectivity index (χ4v) is 0.346. The Hall–Kier alpha value is -1.91. The summed E-state index contributed by atoms with van der Waals surface area (Å²) >= 11 is 0. The molecule has 0 spiro atoms. The first-order valence-electron chi connectivity index (χ1n) is 3.64. The molecule has 0 radical (unpaired) electrons. The molecular formula is C9H10O5. The third kappa shape index (κ3) is 4.20. The molecule has 0 N–H and O–H groups in total. The molecule has 0 aromatic heterocycles. The topological polar surface area (TPSA) is 69.7 Å². The summed E-state index contributed by atoms with van der Waals surface area (Å²) in [6.45, 7) is 9.19. The van der Waals surface area contributed by atoms with Gasteiger partial charge in [0.05, 0.1) is 0 Å². The fourth-order valence-electron chi connectivity index (χ4n) is 0.346. The van der Waals surface area contributed by atoms with E-state index < -0.39 is 18.1 Å². The van der Waals surface area contributed by atoms with Gasteiger partial charge in [0.15, 0.2) is 0 Å². The molecule has 0 aliphatic heterocycles. The first-order chi connectivity index (χ1) is 6.34. The van der Waals surface area contributed by atoms with Gasteiger partial charge in [0, 0.05) is 11.1 Å². The molecule has 0 saturated heterocycles. The summed E-state index contributed by atoms with van der Waals surface area (Å²) in [6.07, 6.45) is -1.38. The highest BCUT2D eigenvalue weighted by Crippen LogP contribution is 1.98. The average Bonchev–Trinajstić information content (AvgIpc) is 2.03. The van der Waals surface area contributed by atoms with Crippen LogP contribution in [0.3, 0.4) is 0 Å². The van der Waals surface area contributed by atoms with Gasteiger partial charge in [-0.05, 0) is 13.8 Å². The molecule has 0 saturated carbocycles. The first-order valence-corrected chi connectivity index (χ1v) is 3.64. The summed E-state index contributed by atoms with van der Waals surface area (Å²) in [5.41, 5.74) is 0.0643. The molecule has 14 heavy (non-hydrogen) atoms. The van der Waals surface area contributed by atoms with Crippen molar-refractivity contribution in [3.63, 3.8) is 0 Å². The molecule has 0 rings (SSSR count). The number of rotatable bonds is 2. The molecule has 76 valence electrons. The number of esters is 2. The molecule has 0 fully saturated rings. The highest BCUT2D eigenvalue weighted by Gasteiger charge is 2.16. The predicted octanol–water partition coefficient (Wildman–Crippen LogP) is 1.34. The van der Waals surface area contributed by atoms with Gasteiger partial charge in [-0.3, -0.25) is 0 Å². The van der Waals surface area contributed by atoms with Gasteiger partial charge in [-0.2, -0.15) is 0 Å². The normalized spacial score (nSPS) is 8.71. The van der Waals surface area contributed by atoms with Gasteiger partial charge in [-0.25, -0.2) is 14.4 Å². The molecule has 0 unspecified atom stereocenters. The third-order valence-electron chi connectivity index (χ3n) is 1.05. The highest BCUT2D eigenvalue weighted by atomic mass is 16.8. The van der Waals surface area contributed by atoms with Gasteiger partial charge in [0.2, 0.25) is 0 Å². The van der Waals surface area contributed by atoms with Crippen molar-refractivity contribution in [2.24, 2.45) is 0 Å². The lowest BCUT2D eigenvalue weighted by molar-refractivity contribution is -0.141. The van der Waals surface area contributed by atoms with E-state index in [9.17, 15) is 14.4 Å². The summed E-state index contributed by atoms with van der Waals surface area (Å²) in [5.74, 6) is -1.88. The standard InChI is InChI=1S/C9H10O5/c1-5(2)7(10)13-9(12)14-8(11)6(3)4/h1,3H2,2,4H3. The quantitative estimate of drug-likeness (QED) is 0.380. The molecule has 0 bridgehead atoms. The molecule has 0 aromatic rings. The zero-order valence-corrected chi connectivity index (χ0v) is 7.96. The van der Waals surface area contributed by atoms with Crippen molar-refractivity contribution in [3.05, 3.63) is 24.3 Å². The molecular weight excluding hydrogens is 188 g/mol. The number of hydrogen-bond acceptors (Lipinski definition) is 5. The van der Waals surface area contributed by atoms with E-state index in [1.165, 1.54) is 13.8 Å². The molecule has 0 heterocycles. The molecule has 5 heteroatoms. The van der Waals surface area contributed by atoms with E-state index in [4.69, 9.17) is 0 Å². The summed E-state index contributed by atoms with van der Waals surface area (Å²) < 4.78 is 8.14. The van der Waals surface area contributed by atoms with Crippen molar-refractivity contribution in [3.8, 4) is 0 Å². The zero-order chi connectivity index (χ0) is 11.3. The molecule has 5 nitrogen and oxygen atoms in total. The van der Waals surface area contributed by atoms with Crippen LogP contribution in [-0.4, -0.2) is 18.1 Å². The zero-order valence-electron chi connectivity index (χ0n) is 7.96. The Labute approximate surface area is 81.0 Å². The predicted molar refractivity (Wildman–Crippen MR) is 47.2 cm³/mol. The van der Waals surface area contributed by atoms with Crippen LogP contribution in [0.25, 0.3) is 0 Å². The van der Waals surface area contributed by atoms with Crippen LogP contribution in [0.4, 0.5) is 4.79 Å². The van der Waals surface area contributed by atoms with Crippen molar-refractivity contribution < 1.29 is 23.9 Å². The lowest BCUT2D eigenvalue weighted by atomic mass is 10.4. The Morgan fingerprint density at radius 3 is 1.36 bits per heavy atom. The van der Waals surface area contributed by atoms with Crippen LogP contribution in [0.1, 0.15) is 13.8 Å². The number of carbonyl (C=O) groups excluding carboxylic acids is 3. The van der Waals surface area contributed by atoms with Crippen LogP contribution in [0, 0.1) is 0 Å². The van der Waals surface area contributed by atoms with E-state index in [1.807, 2.05) is 0 Å². The molecule has 0 aromatic carbocycles. The van der Waals surface area contributed by atoms with Gasteiger partial charge < -0.3 is 9.47 Å².